The summed E-state index contributed by atoms with van der Waals surface area (Å²) >= 11 is 6.83. The van der Waals surface area contributed by atoms with Crippen LogP contribution in [0.25, 0.3) is 0 Å². The summed E-state index contributed by atoms with van der Waals surface area (Å²) < 4.78 is 20.4. The molecule has 1 heterocycles. The van der Waals surface area contributed by atoms with E-state index in [1.54, 1.807) is 6.07 Å². The third-order valence-electron chi connectivity index (χ3n) is 2.98. The Hall–Kier alpha value is 0.0300. The molecule has 0 aliphatic carbocycles. The Balaban J connectivity index is 2.06. The molecule has 1 aromatic rings. The second-order valence-corrected chi connectivity index (χ2v) is 6.22. The van der Waals surface area contributed by atoms with Crippen LogP contribution < -0.4 is 0 Å². The van der Waals surface area contributed by atoms with Crippen molar-refractivity contribution in [2.45, 2.75) is 25.7 Å². The van der Waals surface area contributed by atoms with E-state index in [2.05, 4.69) is 43.7 Å². The van der Waals surface area contributed by atoms with Gasteiger partial charge in [-0.3, -0.25) is 4.90 Å². The van der Waals surface area contributed by atoms with Gasteiger partial charge in [0.05, 0.1) is 12.2 Å². The minimum atomic E-state index is -0.146. The monoisotopic (exact) mass is 379 g/mol. The molecular formula is C13H16Br2FNO. The first-order valence-electron chi connectivity index (χ1n) is 5.96. The lowest BCUT2D eigenvalue weighted by atomic mass is 10.1. The molecule has 2 unspecified atom stereocenters. The van der Waals surface area contributed by atoms with Gasteiger partial charge in [0.15, 0.2) is 0 Å². The smallest absolute Gasteiger partial charge is 0.127 e. The summed E-state index contributed by atoms with van der Waals surface area (Å²) in [7, 11) is 0. The van der Waals surface area contributed by atoms with Gasteiger partial charge in [0.25, 0.3) is 0 Å². The van der Waals surface area contributed by atoms with Crippen LogP contribution in [0.2, 0.25) is 0 Å². The number of hydrogen-bond acceptors (Lipinski definition) is 2. The molecule has 2 rings (SSSR count). The lowest BCUT2D eigenvalue weighted by molar-refractivity contribution is -0.0680. The van der Waals surface area contributed by atoms with Crippen molar-refractivity contribution in [1.29, 1.82) is 0 Å². The number of halogens is 3. The fraction of sp³-hybridized carbons (Fsp3) is 0.538. The molecule has 1 aliphatic heterocycles. The predicted octanol–water partition coefficient (Wildman–Crippen LogP) is 3.57. The van der Waals surface area contributed by atoms with Crippen LogP contribution in [0.1, 0.15) is 12.5 Å². The van der Waals surface area contributed by atoms with Gasteiger partial charge in [-0.25, -0.2) is 4.39 Å². The lowest BCUT2D eigenvalue weighted by Crippen LogP contribution is -2.46. The van der Waals surface area contributed by atoms with Gasteiger partial charge in [0.2, 0.25) is 0 Å². The maximum absolute atomic E-state index is 13.7. The third kappa shape index (κ3) is 3.76. The predicted molar refractivity (Wildman–Crippen MR) is 77.5 cm³/mol. The summed E-state index contributed by atoms with van der Waals surface area (Å²) in [5, 5.41) is 0.814. The SMILES string of the molecule is CC1CN(Cc2cc(Br)ccc2F)CC(CBr)O1. The molecular weight excluding hydrogens is 365 g/mol. The minimum Gasteiger partial charge on any atom is -0.372 e. The topological polar surface area (TPSA) is 12.5 Å². The van der Waals surface area contributed by atoms with Crippen molar-refractivity contribution in [1.82, 2.24) is 4.90 Å². The normalized spacial score (nSPS) is 25.3. The first-order chi connectivity index (χ1) is 8.58. The minimum absolute atomic E-state index is 0.146. The molecule has 1 aliphatic rings. The molecule has 0 spiro atoms. The Morgan fingerprint density at radius 3 is 2.94 bits per heavy atom. The number of hydrogen-bond donors (Lipinski definition) is 0. The van der Waals surface area contributed by atoms with Gasteiger partial charge in [0.1, 0.15) is 5.82 Å². The van der Waals surface area contributed by atoms with E-state index in [1.807, 2.05) is 6.07 Å². The van der Waals surface area contributed by atoms with Crippen LogP contribution in [0.3, 0.4) is 0 Å². The molecule has 2 atom stereocenters. The largest absolute Gasteiger partial charge is 0.372 e. The van der Waals surface area contributed by atoms with Crippen molar-refractivity contribution in [3.8, 4) is 0 Å². The van der Waals surface area contributed by atoms with E-state index in [0.29, 0.717) is 6.54 Å². The molecule has 0 bridgehead atoms. The Kier molecular flexibility index (Phi) is 5.18. The lowest BCUT2D eigenvalue weighted by Gasteiger charge is -2.36. The van der Waals surface area contributed by atoms with Crippen LogP contribution in [-0.2, 0) is 11.3 Å². The van der Waals surface area contributed by atoms with Crippen LogP contribution in [0.5, 0.6) is 0 Å². The molecule has 5 heteroatoms. The molecule has 0 amide bonds. The quantitative estimate of drug-likeness (QED) is 0.743. The average Bonchev–Trinajstić information content (AvgIpc) is 2.33. The standard InChI is InChI=1S/C13H16Br2FNO/c1-9-6-17(8-12(5-14)18-9)7-10-4-11(15)2-3-13(10)16/h2-4,9,12H,5-8H2,1H3. The summed E-state index contributed by atoms with van der Waals surface area (Å²) in [5.74, 6) is -0.146. The molecule has 2 nitrogen and oxygen atoms in total. The van der Waals surface area contributed by atoms with Crippen LogP contribution in [-0.4, -0.2) is 35.5 Å². The van der Waals surface area contributed by atoms with Crippen LogP contribution in [0.15, 0.2) is 22.7 Å². The van der Waals surface area contributed by atoms with E-state index in [0.717, 1.165) is 28.5 Å². The fourth-order valence-corrected chi connectivity index (χ4v) is 3.03. The summed E-state index contributed by atoms with van der Waals surface area (Å²) in [6.45, 7) is 4.36. The Morgan fingerprint density at radius 1 is 1.44 bits per heavy atom. The zero-order valence-corrected chi connectivity index (χ0v) is 13.4. The van der Waals surface area contributed by atoms with Crippen molar-refractivity contribution in [2.24, 2.45) is 0 Å². The Labute approximate surface area is 124 Å². The van der Waals surface area contributed by atoms with Crippen LogP contribution in [0, 0.1) is 5.82 Å². The number of rotatable bonds is 3. The molecule has 18 heavy (non-hydrogen) atoms. The van der Waals surface area contributed by atoms with Crippen molar-refractivity contribution < 1.29 is 9.13 Å². The summed E-state index contributed by atoms with van der Waals surface area (Å²) in [6, 6.07) is 5.08. The van der Waals surface area contributed by atoms with E-state index in [1.165, 1.54) is 6.07 Å². The van der Waals surface area contributed by atoms with Crippen molar-refractivity contribution >= 4 is 31.9 Å². The molecule has 100 valence electrons. The Bertz CT molecular complexity index is 416. The van der Waals surface area contributed by atoms with Crippen molar-refractivity contribution in [3.05, 3.63) is 34.1 Å². The molecule has 1 saturated heterocycles. The molecule has 0 radical (unpaired) electrons. The van der Waals surface area contributed by atoms with E-state index in [9.17, 15) is 4.39 Å². The maximum Gasteiger partial charge on any atom is 0.127 e. The highest BCUT2D eigenvalue weighted by Crippen LogP contribution is 2.20. The van der Waals surface area contributed by atoms with E-state index < -0.39 is 0 Å². The van der Waals surface area contributed by atoms with E-state index in [4.69, 9.17) is 4.74 Å². The fourth-order valence-electron chi connectivity index (χ4n) is 2.26. The Morgan fingerprint density at radius 2 is 2.22 bits per heavy atom. The highest BCUT2D eigenvalue weighted by Gasteiger charge is 2.24. The van der Waals surface area contributed by atoms with Gasteiger partial charge in [-0.1, -0.05) is 31.9 Å². The highest BCUT2D eigenvalue weighted by molar-refractivity contribution is 9.10. The molecule has 0 aromatic heterocycles. The molecule has 1 fully saturated rings. The second-order valence-electron chi connectivity index (χ2n) is 4.65. The van der Waals surface area contributed by atoms with E-state index in [-0.39, 0.29) is 18.0 Å². The van der Waals surface area contributed by atoms with Crippen molar-refractivity contribution in [3.63, 3.8) is 0 Å². The number of morpholine rings is 1. The summed E-state index contributed by atoms with van der Waals surface area (Å²) in [5.41, 5.74) is 0.729. The van der Waals surface area contributed by atoms with Crippen molar-refractivity contribution in [2.75, 3.05) is 18.4 Å². The van der Waals surface area contributed by atoms with Gasteiger partial charge in [-0.2, -0.15) is 0 Å². The zero-order chi connectivity index (χ0) is 13.1. The van der Waals surface area contributed by atoms with Crippen LogP contribution >= 0.6 is 31.9 Å². The number of nitrogens with zero attached hydrogens (tertiary/aromatic N) is 1. The third-order valence-corrected chi connectivity index (χ3v) is 4.19. The van der Waals surface area contributed by atoms with Gasteiger partial charge < -0.3 is 4.74 Å². The van der Waals surface area contributed by atoms with Gasteiger partial charge >= 0.3 is 0 Å². The summed E-state index contributed by atoms with van der Waals surface area (Å²) in [6.07, 6.45) is 0.375. The molecule has 0 N–H and O–H groups in total. The van der Waals surface area contributed by atoms with Gasteiger partial charge in [-0.05, 0) is 25.1 Å². The number of alkyl halides is 1. The van der Waals surface area contributed by atoms with Crippen LogP contribution in [0.4, 0.5) is 4.39 Å². The number of ether oxygens (including phenoxy) is 1. The maximum atomic E-state index is 13.7. The molecule has 0 saturated carbocycles. The molecule has 1 aromatic carbocycles. The number of benzene rings is 1. The van der Waals surface area contributed by atoms with E-state index >= 15 is 0 Å². The second kappa shape index (κ2) is 6.46. The average molecular weight is 381 g/mol. The van der Waals surface area contributed by atoms with Gasteiger partial charge in [-0.15, -0.1) is 0 Å². The van der Waals surface area contributed by atoms with Gasteiger partial charge in [0, 0.05) is 35.0 Å². The summed E-state index contributed by atoms with van der Waals surface area (Å²) in [4.78, 5) is 2.24. The first-order valence-corrected chi connectivity index (χ1v) is 7.87. The zero-order valence-electron chi connectivity index (χ0n) is 10.2. The highest BCUT2D eigenvalue weighted by atomic mass is 79.9. The first kappa shape index (κ1) is 14.4.